The molecule has 2 amide bonds. The number of benzene rings is 2. The van der Waals surface area contributed by atoms with E-state index < -0.39 is 0 Å². The molecule has 0 radical (unpaired) electrons. The van der Waals surface area contributed by atoms with E-state index in [4.69, 9.17) is 4.42 Å². The smallest absolute Gasteiger partial charge is 0.238 e. The molecule has 124 valence electrons. The fraction of sp³-hybridized carbons (Fsp3) is 0.200. The van der Waals surface area contributed by atoms with Crippen LogP contribution in [-0.2, 0) is 22.4 Å². The Balaban J connectivity index is 1.58. The first-order valence-electron chi connectivity index (χ1n) is 8.26. The third-order valence-electron chi connectivity index (χ3n) is 5.24. The second-order valence-corrected chi connectivity index (χ2v) is 7.53. The molecule has 5 heteroatoms. The highest BCUT2D eigenvalue weighted by Crippen LogP contribution is 2.43. The van der Waals surface area contributed by atoms with E-state index in [-0.39, 0.29) is 23.7 Å². The van der Waals surface area contributed by atoms with Crippen LogP contribution in [0.2, 0.25) is 0 Å². The third-order valence-corrected chi connectivity index (χ3v) is 5.73. The van der Waals surface area contributed by atoms with Crippen LogP contribution >= 0.6 is 15.9 Å². The Hall–Kier alpha value is -2.40. The van der Waals surface area contributed by atoms with Gasteiger partial charge in [0.2, 0.25) is 11.8 Å². The van der Waals surface area contributed by atoms with Gasteiger partial charge in [0.05, 0.1) is 17.5 Å². The summed E-state index contributed by atoms with van der Waals surface area (Å²) < 4.78 is 6.95. The number of anilines is 1. The Morgan fingerprint density at radius 2 is 1.68 bits per heavy atom. The quantitative estimate of drug-likeness (QED) is 0.582. The van der Waals surface area contributed by atoms with Crippen LogP contribution in [-0.4, -0.2) is 11.8 Å². The Bertz CT molecular complexity index is 1020. The maximum Gasteiger partial charge on any atom is 0.238 e. The summed E-state index contributed by atoms with van der Waals surface area (Å²) in [5, 5.41) is 1.03. The van der Waals surface area contributed by atoms with Gasteiger partial charge in [0.15, 0.2) is 0 Å². The van der Waals surface area contributed by atoms with Crippen LogP contribution < -0.4 is 4.90 Å². The topological polar surface area (TPSA) is 50.5 Å². The van der Waals surface area contributed by atoms with Crippen LogP contribution in [0.1, 0.15) is 11.3 Å². The first kappa shape index (κ1) is 14.9. The largest absolute Gasteiger partial charge is 0.461 e. The van der Waals surface area contributed by atoms with Gasteiger partial charge in [0, 0.05) is 21.8 Å². The minimum absolute atomic E-state index is 0.101. The Kier molecular flexibility index (Phi) is 3.16. The number of halogens is 1. The average molecular weight is 396 g/mol. The number of hydrogen-bond donors (Lipinski definition) is 0. The van der Waals surface area contributed by atoms with Crippen molar-refractivity contribution in [3.8, 4) is 0 Å². The summed E-state index contributed by atoms with van der Waals surface area (Å²) in [4.78, 5) is 27.2. The van der Waals surface area contributed by atoms with Crippen molar-refractivity contribution in [2.24, 2.45) is 11.8 Å². The maximum absolute atomic E-state index is 13.0. The zero-order chi connectivity index (χ0) is 17.1. The minimum atomic E-state index is -0.329. The van der Waals surface area contributed by atoms with E-state index in [1.165, 1.54) is 4.90 Å². The van der Waals surface area contributed by atoms with Gasteiger partial charge in [-0.05, 0) is 36.8 Å². The van der Waals surface area contributed by atoms with Crippen LogP contribution in [0.3, 0.4) is 0 Å². The minimum Gasteiger partial charge on any atom is -0.461 e. The molecule has 0 N–H and O–H groups in total. The van der Waals surface area contributed by atoms with E-state index >= 15 is 0 Å². The van der Waals surface area contributed by atoms with Crippen molar-refractivity contribution >= 4 is 44.4 Å². The third kappa shape index (κ3) is 2.12. The number of fused-ring (bicyclic) bond motifs is 4. The zero-order valence-corrected chi connectivity index (χ0v) is 14.8. The van der Waals surface area contributed by atoms with E-state index in [9.17, 15) is 9.59 Å². The monoisotopic (exact) mass is 395 g/mol. The first-order chi connectivity index (χ1) is 12.1. The van der Waals surface area contributed by atoms with E-state index in [1.54, 1.807) is 12.1 Å². The maximum atomic E-state index is 13.0. The molecule has 1 aliphatic heterocycles. The first-order valence-corrected chi connectivity index (χ1v) is 9.05. The predicted octanol–water partition coefficient (Wildman–Crippen LogP) is 4.10. The molecule has 1 fully saturated rings. The fourth-order valence-corrected chi connectivity index (χ4v) is 4.42. The molecule has 2 atom stereocenters. The molecule has 0 spiro atoms. The van der Waals surface area contributed by atoms with Crippen molar-refractivity contribution in [3.63, 3.8) is 0 Å². The molecule has 2 unspecified atom stereocenters. The lowest BCUT2D eigenvalue weighted by Gasteiger charge is -2.20. The van der Waals surface area contributed by atoms with Crippen molar-refractivity contribution in [3.05, 3.63) is 64.3 Å². The summed E-state index contributed by atoms with van der Waals surface area (Å²) in [5.41, 5.74) is 2.53. The van der Waals surface area contributed by atoms with Crippen molar-refractivity contribution in [1.29, 1.82) is 0 Å². The van der Waals surface area contributed by atoms with Crippen molar-refractivity contribution in [1.82, 2.24) is 0 Å². The summed E-state index contributed by atoms with van der Waals surface area (Å²) in [6.07, 6.45) is 1.04. The second-order valence-electron chi connectivity index (χ2n) is 6.61. The fourth-order valence-electron chi connectivity index (χ4n) is 4.06. The normalized spacial score (nSPS) is 22.4. The molecule has 3 aromatic rings. The van der Waals surface area contributed by atoms with Gasteiger partial charge in [-0.25, -0.2) is 0 Å². The molecule has 0 bridgehead atoms. The molecule has 4 nitrogen and oxygen atoms in total. The number of imide groups is 1. The Morgan fingerprint density at radius 3 is 2.44 bits per heavy atom. The number of nitrogens with zero attached hydrogens (tertiary/aromatic N) is 1. The van der Waals surface area contributed by atoms with Gasteiger partial charge in [0.25, 0.3) is 0 Å². The van der Waals surface area contributed by atoms with Crippen molar-refractivity contribution < 1.29 is 14.0 Å². The lowest BCUT2D eigenvalue weighted by Crippen LogP contribution is -2.30. The highest BCUT2D eigenvalue weighted by molar-refractivity contribution is 9.10. The number of hydrogen-bond acceptors (Lipinski definition) is 3. The summed E-state index contributed by atoms with van der Waals surface area (Å²) in [5.74, 6) is -0.0145. The summed E-state index contributed by atoms with van der Waals surface area (Å²) in [6.45, 7) is 0. The van der Waals surface area contributed by atoms with Gasteiger partial charge >= 0.3 is 0 Å². The molecular weight excluding hydrogens is 382 g/mol. The summed E-state index contributed by atoms with van der Waals surface area (Å²) >= 11 is 3.49. The van der Waals surface area contributed by atoms with Gasteiger partial charge < -0.3 is 4.42 Å². The molecule has 0 saturated carbocycles. The van der Waals surface area contributed by atoms with Crippen molar-refractivity contribution in [2.45, 2.75) is 12.8 Å². The van der Waals surface area contributed by atoms with Gasteiger partial charge in [-0.15, -0.1) is 0 Å². The highest BCUT2D eigenvalue weighted by atomic mass is 79.9. The SMILES string of the molecule is O=C1C2Cc3oc4ccc(Br)cc4c3CC2C(=O)N1c1ccccc1. The lowest BCUT2D eigenvalue weighted by molar-refractivity contribution is -0.122. The molecule has 1 saturated heterocycles. The van der Waals surface area contributed by atoms with E-state index in [1.807, 2.05) is 36.4 Å². The molecule has 1 aliphatic carbocycles. The molecule has 25 heavy (non-hydrogen) atoms. The number of rotatable bonds is 1. The number of furan rings is 1. The summed E-state index contributed by atoms with van der Waals surface area (Å²) in [7, 11) is 0. The average Bonchev–Trinajstić information content (AvgIpc) is 3.09. The summed E-state index contributed by atoms with van der Waals surface area (Å²) in [6, 6.07) is 15.0. The van der Waals surface area contributed by atoms with Crippen LogP contribution in [0.4, 0.5) is 5.69 Å². The molecular formula is C20H14BrNO3. The van der Waals surface area contributed by atoms with Crippen LogP contribution in [0.25, 0.3) is 11.0 Å². The number of carbonyl (C=O) groups excluding carboxylic acids is 2. The van der Waals surface area contributed by atoms with Crippen LogP contribution in [0.15, 0.2) is 57.4 Å². The van der Waals surface area contributed by atoms with Gasteiger partial charge in [-0.1, -0.05) is 34.1 Å². The predicted molar refractivity (Wildman–Crippen MR) is 97.2 cm³/mol. The molecule has 2 aromatic carbocycles. The number of amides is 2. The zero-order valence-electron chi connectivity index (χ0n) is 13.2. The van der Waals surface area contributed by atoms with E-state index in [2.05, 4.69) is 15.9 Å². The van der Waals surface area contributed by atoms with E-state index in [0.717, 1.165) is 26.8 Å². The highest BCUT2D eigenvalue weighted by Gasteiger charge is 2.51. The van der Waals surface area contributed by atoms with E-state index in [0.29, 0.717) is 18.5 Å². The molecule has 1 aromatic heterocycles. The molecule has 5 rings (SSSR count). The van der Waals surface area contributed by atoms with Crippen LogP contribution in [0.5, 0.6) is 0 Å². The number of para-hydroxylation sites is 1. The van der Waals surface area contributed by atoms with Gasteiger partial charge in [-0.2, -0.15) is 0 Å². The molecule has 2 aliphatic rings. The standard InChI is InChI=1S/C20H14BrNO3/c21-11-6-7-17-13(8-11)14-9-15-16(10-18(14)25-17)20(24)22(19(15)23)12-4-2-1-3-5-12/h1-8,15-16H,9-10H2. The van der Waals surface area contributed by atoms with Gasteiger partial charge in [0.1, 0.15) is 11.3 Å². The number of carbonyl (C=O) groups is 2. The Labute approximate surface area is 152 Å². The van der Waals surface area contributed by atoms with Gasteiger partial charge in [-0.3, -0.25) is 14.5 Å². The van der Waals surface area contributed by atoms with Crippen LogP contribution in [0, 0.1) is 11.8 Å². The lowest BCUT2D eigenvalue weighted by atomic mass is 9.79. The second kappa shape index (κ2) is 5.30. The Morgan fingerprint density at radius 1 is 0.960 bits per heavy atom. The molecule has 2 heterocycles. The van der Waals surface area contributed by atoms with Crippen molar-refractivity contribution in [2.75, 3.05) is 4.90 Å².